The van der Waals surface area contributed by atoms with Gasteiger partial charge in [-0.15, -0.1) is 0 Å². The summed E-state index contributed by atoms with van der Waals surface area (Å²) in [6.45, 7) is 0. The van der Waals surface area contributed by atoms with Crippen LogP contribution < -0.4 is 0 Å². The maximum Gasteiger partial charge on any atom is 0.292 e. The Kier molecular flexibility index (Phi) is 7.57. The molecule has 1 atom stereocenters. The second-order valence-corrected chi connectivity index (χ2v) is 3.50. The van der Waals surface area contributed by atoms with Crippen molar-refractivity contribution in [3.05, 3.63) is 0 Å². The molecule has 7 heteroatoms. The quantitative estimate of drug-likeness (QED) is 0.357. The standard InChI is InChI=1S/C3H8O4S2.Au/c4-3(1-2-8)9(5,6)7;/h3-4,8H,1-2H2,(H,5,6,7);. The van der Waals surface area contributed by atoms with E-state index in [2.05, 4.69) is 12.6 Å². The van der Waals surface area contributed by atoms with Crippen LogP contribution in [0.5, 0.6) is 0 Å². The first kappa shape index (κ1) is 13.5. The van der Waals surface area contributed by atoms with Crippen molar-refractivity contribution in [2.24, 2.45) is 0 Å². The Morgan fingerprint density at radius 1 is 1.50 bits per heavy atom. The molecule has 0 saturated carbocycles. The van der Waals surface area contributed by atoms with Crippen LogP contribution in [0.3, 0.4) is 0 Å². The first-order chi connectivity index (χ1) is 3.98. The van der Waals surface area contributed by atoms with Crippen LogP contribution in [0, 0.1) is 0 Å². The van der Waals surface area contributed by atoms with Crippen molar-refractivity contribution in [2.45, 2.75) is 11.9 Å². The van der Waals surface area contributed by atoms with E-state index in [1.54, 1.807) is 0 Å². The fourth-order valence-electron chi connectivity index (χ4n) is 0.259. The van der Waals surface area contributed by atoms with Crippen LogP contribution in [0.2, 0.25) is 0 Å². The molecule has 0 aromatic rings. The van der Waals surface area contributed by atoms with E-state index >= 15 is 0 Å². The first-order valence-electron chi connectivity index (χ1n) is 2.23. The van der Waals surface area contributed by atoms with E-state index in [4.69, 9.17) is 9.66 Å². The monoisotopic (exact) mass is 369 g/mol. The molecule has 0 fully saturated rings. The summed E-state index contributed by atoms with van der Waals surface area (Å²) in [4.78, 5) is 0. The minimum absolute atomic E-state index is 0. The third-order valence-corrected chi connectivity index (χ3v) is 1.90. The van der Waals surface area contributed by atoms with E-state index in [0.29, 0.717) is 0 Å². The van der Waals surface area contributed by atoms with E-state index in [9.17, 15) is 8.42 Å². The maximum atomic E-state index is 9.99. The van der Waals surface area contributed by atoms with E-state index in [1.807, 2.05) is 0 Å². The van der Waals surface area contributed by atoms with Crippen molar-refractivity contribution in [3.63, 3.8) is 0 Å². The van der Waals surface area contributed by atoms with Gasteiger partial charge in [0.05, 0.1) is 0 Å². The number of aliphatic hydroxyl groups excluding tert-OH is 1. The van der Waals surface area contributed by atoms with E-state index in [1.165, 1.54) is 0 Å². The third-order valence-electron chi connectivity index (χ3n) is 0.720. The molecule has 1 radical (unpaired) electrons. The zero-order valence-electron chi connectivity index (χ0n) is 4.86. The molecule has 0 spiro atoms. The van der Waals surface area contributed by atoms with Gasteiger partial charge >= 0.3 is 0 Å². The molecule has 0 saturated heterocycles. The molecule has 4 nitrogen and oxygen atoms in total. The molecular formula is C3H8AuO4S2. The number of hydrogen-bond donors (Lipinski definition) is 3. The van der Waals surface area contributed by atoms with Crippen molar-refractivity contribution < 1.29 is 40.5 Å². The topological polar surface area (TPSA) is 74.6 Å². The molecule has 0 rings (SSSR count). The van der Waals surface area contributed by atoms with Crippen molar-refractivity contribution in [1.82, 2.24) is 0 Å². The maximum absolute atomic E-state index is 9.99. The molecule has 1 unspecified atom stereocenters. The molecule has 0 bridgehead atoms. The van der Waals surface area contributed by atoms with E-state index in [0.717, 1.165) is 0 Å². The zero-order chi connectivity index (χ0) is 7.49. The summed E-state index contributed by atoms with van der Waals surface area (Å²) in [6, 6.07) is 0. The van der Waals surface area contributed by atoms with Crippen LogP contribution in [-0.4, -0.2) is 29.3 Å². The molecule has 10 heavy (non-hydrogen) atoms. The van der Waals surface area contributed by atoms with Crippen LogP contribution >= 0.6 is 12.6 Å². The Balaban J connectivity index is 0. The predicted molar refractivity (Wildman–Crippen MR) is 36.0 cm³/mol. The molecule has 2 N–H and O–H groups in total. The third kappa shape index (κ3) is 5.72. The normalized spacial score (nSPS) is 13.9. The van der Waals surface area contributed by atoms with Gasteiger partial charge in [0, 0.05) is 22.4 Å². The smallest absolute Gasteiger partial charge is 0.292 e. The van der Waals surface area contributed by atoms with Crippen molar-refractivity contribution in [3.8, 4) is 0 Å². The predicted octanol–water partition coefficient (Wildman–Crippen LogP) is -0.490. The fraction of sp³-hybridized carbons (Fsp3) is 1.00. The Morgan fingerprint density at radius 3 is 2.00 bits per heavy atom. The molecule has 0 aromatic carbocycles. The minimum atomic E-state index is -4.26. The largest absolute Gasteiger partial charge is 0.375 e. The Bertz CT molecular complexity index is 165. The molecule has 0 aliphatic heterocycles. The molecule has 0 aliphatic rings. The van der Waals surface area contributed by atoms with Gasteiger partial charge < -0.3 is 5.11 Å². The summed E-state index contributed by atoms with van der Waals surface area (Å²) in [7, 11) is -4.26. The summed E-state index contributed by atoms with van der Waals surface area (Å²) < 4.78 is 28.1. The van der Waals surface area contributed by atoms with E-state index in [-0.39, 0.29) is 34.6 Å². The summed E-state index contributed by atoms with van der Waals surface area (Å²) >= 11 is 3.66. The second kappa shape index (κ2) is 5.59. The van der Waals surface area contributed by atoms with Gasteiger partial charge in [-0.25, -0.2) is 0 Å². The summed E-state index contributed by atoms with van der Waals surface area (Å²) in [5, 5.41) is 8.50. The zero-order valence-corrected chi connectivity index (χ0v) is 8.74. The average molecular weight is 369 g/mol. The van der Waals surface area contributed by atoms with Crippen molar-refractivity contribution in [1.29, 1.82) is 0 Å². The van der Waals surface area contributed by atoms with Crippen molar-refractivity contribution in [2.75, 3.05) is 5.75 Å². The fourth-order valence-corrected chi connectivity index (χ4v) is 1.09. The van der Waals surface area contributed by atoms with Gasteiger partial charge in [-0.05, 0) is 12.2 Å². The molecule has 0 aromatic heterocycles. The van der Waals surface area contributed by atoms with Gasteiger partial charge in [0.25, 0.3) is 10.1 Å². The summed E-state index contributed by atoms with van der Waals surface area (Å²) in [5.74, 6) is 0.223. The van der Waals surface area contributed by atoms with Gasteiger partial charge in [0.2, 0.25) is 0 Å². The van der Waals surface area contributed by atoms with Gasteiger partial charge in [-0.3, -0.25) is 4.55 Å². The van der Waals surface area contributed by atoms with Crippen LogP contribution in [-0.2, 0) is 32.5 Å². The molecular weight excluding hydrogens is 361 g/mol. The molecule has 0 aliphatic carbocycles. The number of thiol groups is 1. The van der Waals surface area contributed by atoms with Crippen LogP contribution in [0.15, 0.2) is 0 Å². The van der Waals surface area contributed by atoms with Gasteiger partial charge in [0.15, 0.2) is 5.44 Å². The second-order valence-electron chi connectivity index (χ2n) is 1.48. The first-order valence-corrected chi connectivity index (χ1v) is 4.37. The molecule has 0 heterocycles. The van der Waals surface area contributed by atoms with Crippen molar-refractivity contribution >= 4 is 22.7 Å². The molecule has 0 amide bonds. The van der Waals surface area contributed by atoms with Gasteiger partial charge in [0.1, 0.15) is 0 Å². The Labute approximate surface area is 80.7 Å². The summed E-state index contributed by atoms with van der Waals surface area (Å²) in [5.41, 5.74) is -1.69. The van der Waals surface area contributed by atoms with Crippen LogP contribution in [0.25, 0.3) is 0 Å². The van der Waals surface area contributed by atoms with E-state index < -0.39 is 15.6 Å². The number of hydrogen-bond acceptors (Lipinski definition) is 4. The Morgan fingerprint density at radius 2 is 1.90 bits per heavy atom. The number of rotatable bonds is 3. The summed E-state index contributed by atoms with van der Waals surface area (Å²) in [6.07, 6.45) is -0.0536. The van der Waals surface area contributed by atoms with Gasteiger partial charge in [-0.2, -0.15) is 21.0 Å². The SMILES string of the molecule is O=S(=O)(O)C(O)CCS.[Au]. The van der Waals surface area contributed by atoms with Crippen LogP contribution in [0.4, 0.5) is 0 Å². The number of aliphatic hydroxyl groups is 1. The Hall–Kier alpha value is 0.960. The van der Waals surface area contributed by atoms with Crippen LogP contribution in [0.1, 0.15) is 6.42 Å². The molecule has 67 valence electrons. The minimum Gasteiger partial charge on any atom is -0.375 e. The van der Waals surface area contributed by atoms with Gasteiger partial charge in [-0.1, -0.05) is 0 Å². The average Bonchev–Trinajstić information content (AvgIpc) is 1.64.